The van der Waals surface area contributed by atoms with Gasteiger partial charge in [0.2, 0.25) is 0 Å². The number of aldehydes is 1. The van der Waals surface area contributed by atoms with Crippen molar-refractivity contribution in [3.8, 4) is 0 Å². The number of nitrogens with two attached hydrogens (primary N) is 2. The first-order valence-electron chi connectivity index (χ1n) is 14.7. The van der Waals surface area contributed by atoms with Gasteiger partial charge in [-0.2, -0.15) is 0 Å². The minimum absolute atomic E-state index is 0.0778. The second-order valence-electron chi connectivity index (χ2n) is 10.7. The van der Waals surface area contributed by atoms with Crippen LogP contribution in [0.4, 0.5) is 5.82 Å². The number of fused-ring (bicyclic) bond motifs is 1. The Kier molecular flexibility index (Phi) is 13.0. The van der Waals surface area contributed by atoms with Crippen molar-refractivity contribution in [3.63, 3.8) is 0 Å². The lowest BCUT2D eigenvalue weighted by atomic mass is 9.85. The Morgan fingerprint density at radius 1 is 1.00 bits per heavy atom. The molecule has 0 saturated heterocycles. The van der Waals surface area contributed by atoms with E-state index in [9.17, 15) is 14.7 Å². The zero-order valence-corrected chi connectivity index (χ0v) is 24.1. The Morgan fingerprint density at radius 3 is 2.49 bits per heavy atom. The number of aliphatic carboxylic acids is 1. The first-order chi connectivity index (χ1) is 19.9. The average molecular weight is 560 g/mol. The molecule has 1 aromatic heterocycles. The fourth-order valence-corrected chi connectivity index (χ4v) is 5.36. The molecule has 2 atom stereocenters. The lowest BCUT2D eigenvalue weighted by Crippen LogP contribution is -2.28. The number of aliphatic imine (C=N–C) groups is 1. The van der Waals surface area contributed by atoms with E-state index in [1.807, 2.05) is 24.4 Å². The van der Waals surface area contributed by atoms with Gasteiger partial charge in [0.25, 0.3) is 0 Å². The molecule has 0 unspecified atom stereocenters. The largest absolute Gasteiger partial charge is 0.478 e. The first kappa shape index (κ1) is 31.5. The van der Waals surface area contributed by atoms with Gasteiger partial charge in [-0.1, -0.05) is 81.8 Å². The Balaban J connectivity index is 1.87. The van der Waals surface area contributed by atoms with Crippen molar-refractivity contribution in [3.05, 3.63) is 77.5 Å². The van der Waals surface area contributed by atoms with E-state index in [1.165, 1.54) is 43.7 Å². The molecule has 0 spiro atoms. The smallest absolute Gasteiger partial charge is 0.328 e. The number of anilines is 1. The molecule has 0 radical (unpaired) electrons. The molecule has 1 heterocycles. The number of nitrogens with zero attached hydrogens (tertiary/aromatic N) is 1. The van der Waals surface area contributed by atoms with Crippen LogP contribution in [0.25, 0.3) is 10.8 Å². The SMILES string of the molecule is CCCCCCCC[C@H](CC[C@@H](Nc1ccc[nH]1)/C(=C/C(=O)O)CN=C(N)N)c1ccc2ccc(CC=O)cc2c1. The van der Waals surface area contributed by atoms with E-state index in [-0.39, 0.29) is 18.5 Å². The number of aromatic nitrogens is 1. The number of rotatable bonds is 19. The van der Waals surface area contributed by atoms with Gasteiger partial charge < -0.3 is 31.7 Å². The van der Waals surface area contributed by atoms with Crippen molar-refractivity contribution in [1.82, 2.24) is 4.98 Å². The van der Waals surface area contributed by atoms with E-state index in [0.29, 0.717) is 24.3 Å². The van der Waals surface area contributed by atoms with Crippen LogP contribution in [0, 0.1) is 0 Å². The van der Waals surface area contributed by atoms with Crippen molar-refractivity contribution in [1.29, 1.82) is 0 Å². The summed E-state index contributed by atoms with van der Waals surface area (Å²) in [5.41, 5.74) is 14.1. The highest BCUT2D eigenvalue weighted by atomic mass is 16.4. The molecule has 0 aliphatic carbocycles. The Labute approximate surface area is 243 Å². The van der Waals surface area contributed by atoms with Crippen LogP contribution in [0.2, 0.25) is 0 Å². The number of hydrogen-bond acceptors (Lipinski definition) is 4. The lowest BCUT2D eigenvalue weighted by Gasteiger charge is -2.25. The highest BCUT2D eigenvalue weighted by Gasteiger charge is 2.20. The fourth-order valence-electron chi connectivity index (χ4n) is 5.36. The quantitative estimate of drug-likeness (QED) is 0.0383. The van der Waals surface area contributed by atoms with Crippen LogP contribution in [0.5, 0.6) is 0 Å². The number of unbranched alkanes of at least 4 members (excludes halogenated alkanes) is 5. The molecular formula is C33H45N5O3. The second-order valence-corrected chi connectivity index (χ2v) is 10.7. The van der Waals surface area contributed by atoms with Crippen molar-refractivity contribution in [2.24, 2.45) is 16.5 Å². The topological polar surface area (TPSA) is 147 Å². The van der Waals surface area contributed by atoms with Gasteiger partial charge in [0, 0.05) is 18.7 Å². The van der Waals surface area contributed by atoms with Gasteiger partial charge in [0.1, 0.15) is 12.1 Å². The molecule has 0 aliphatic heterocycles. The zero-order chi connectivity index (χ0) is 29.5. The molecule has 3 rings (SSSR count). The summed E-state index contributed by atoms with van der Waals surface area (Å²) in [6, 6.07) is 16.3. The first-order valence-corrected chi connectivity index (χ1v) is 14.7. The second kappa shape index (κ2) is 16.9. The predicted octanol–water partition coefficient (Wildman–Crippen LogP) is 6.29. The molecule has 0 amide bonds. The monoisotopic (exact) mass is 559 g/mol. The third-order valence-corrected chi connectivity index (χ3v) is 7.56. The summed E-state index contributed by atoms with van der Waals surface area (Å²) in [5, 5.41) is 15.4. The molecular weight excluding hydrogens is 514 g/mol. The van der Waals surface area contributed by atoms with E-state index < -0.39 is 5.97 Å². The highest BCUT2D eigenvalue weighted by Crippen LogP contribution is 2.32. The van der Waals surface area contributed by atoms with E-state index in [4.69, 9.17) is 11.5 Å². The highest BCUT2D eigenvalue weighted by molar-refractivity contribution is 5.84. The number of hydrogen-bond donors (Lipinski definition) is 5. The van der Waals surface area contributed by atoms with Crippen LogP contribution in [0.1, 0.15) is 81.8 Å². The van der Waals surface area contributed by atoms with Gasteiger partial charge in [-0.05, 0) is 64.8 Å². The molecule has 8 heteroatoms. The fraction of sp³-hybridized carbons (Fsp3) is 0.424. The maximum absolute atomic E-state index is 11.7. The Morgan fingerprint density at radius 2 is 1.78 bits per heavy atom. The third kappa shape index (κ3) is 10.8. The van der Waals surface area contributed by atoms with Gasteiger partial charge in [-0.15, -0.1) is 0 Å². The molecule has 2 aromatic carbocycles. The molecule has 41 heavy (non-hydrogen) atoms. The van der Waals surface area contributed by atoms with Gasteiger partial charge >= 0.3 is 5.97 Å². The van der Waals surface area contributed by atoms with Crippen LogP contribution < -0.4 is 16.8 Å². The molecule has 0 fully saturated rings. The number of nitrogens with one attached hydrogen (secondary N) is 2. The molecule has 7 N–H and O–H groups in total. The van der Waals surface area contributed by atoms with Gasteiger partial charge in [-0.3, -0.25) is 0 Å². The van der Waals surface area contributed by atoms with Crippen LogP contribution >= 0.6 is 0 Å². The summed E-state index contributed by atoms with van der Waals surface area (Å²) in [6.07, 6.45) is 14.3. The van der Waals surface area contributed by atoms with Crippen molar-refractivity contribution in [2.45, 2.75) is 83.1 Å². The summed E-state index contributed by atoms with van der Waals surface area (Å²) in [5.74, 6) is -0.0152. The van der Waals surface area contributed by atoms with E-state index >= 15 is 0 Å². The number of carbonyl (C=O) groups is 2. The minimum atomic E-state index is -1.03. The summed E-state index contributed by atoms with van der Waals surface area (Å²) in [4.78, 5) is 30.1. The number of carbonyl (C=O) groups excluding carboxylic acids is 1. The average Bonchev–Trinajstić information content (AvgIpc) is 3.46. The maximum atomic E-state index is 11.7. The van der Waals surface area contributed by atoms with E-state index in [2.05, 4.69) is 52.5 Å². The molecule has 0 aliphatic rings. The van der Waals surface area contributed by atoms with Gasteiger partial charge in [-0.25, -0.2) is 9.79 Å². The van der Waals surface area contributed by atoms with Gasteiger partial charge in [0.15, 0.2) is 5.96 Å². The summed E-state index contributed by atoms with van der Waals surface area (Å²) >= 11 is 0. The van der Waals surface area contributed by atoms with Crippen LogP contribution in [-0.4, -0.2) is 40.9 Å². The number of carboxylic acid groups (broad SMARTS) is 1. The molecule has 0 bridgehead atoms. The summed E-state index contributed by atoms with van der Waals surface area (Å²) in [7, 11) is 0. The third-order valence-electron chi connectivity index (χ3n) is 7.56. The molecule has 3 aromatic rings. The Bertz CT molecular complexity index is 1300. The molecule has 220 valence electrons. The zero-order valence-electron chi connectivity index (χ0n) is 24.1. The van der Waals surface area contributed by atoms with E-state index in [1.54, 1.807) is 0 Å². The molecule has 0 saturated carbocycles. The van der Waals surface area contributed by atoms with Gasteiger partial charge in [0.05, 0.1) is 12.6 Å². The predicted molar refractivity (Wildman–Crippen MR) is 168 cm³/mol. The van der Waals surface area contributed by atoms with Crippen LogP contribution in [0.15, 0.2) is 71.4 Å². The lowest BCUT2D eigenvalue weighted by molar-refractivity contribution is -0.131. The number of benzene rings is 2. The van der Waals surface area contributed by atoms with E-state index in [0.717, 1.165) is 47.7 Å². The number of H-pyrrole nitrogens is 1. The van der Waals surface area contributed by atoms with Crippen molar-refractivity contribution >= 4 is 34.8 Å². The Hall–Kier alpha value is -4.07. The normalized spacial score (nSPS) is 13.0. The van der Waals surface area contributed by atoms with Crippen molar-refractivity contribution < 1.29 is 14.7 Å². The van der Waals surface area contributed by atoms with Crippen LogP contribution in [-0.2, 0) is 16.0 Å². The summed E-state index contributed by atoms with van der Waals surface area (Å²) in [6.45, 7) is 2.33. The number of guanidine groups is 1. The van der Waals surface area contributed by atoms with Crippen LogP contribution in [0.3, 0.4) is 0 Å². The number of aromatic amines is 1. The summed E-state index contributed by atoms with van der Waals surface area (Å²) < 4.78 is 0. The number of carboxylic acids is 1. The minimum Gasteiger partial charge on any atom is -0.478 e. The maximum Gasteiger partial charge on any atom is 0.328 e. The standard InChI is InChI=1S/C33H45N5O3/c1-2-3-4-5-6-7-9-25(27-14-13-26-12-11-24(17-19-39)20-28(26)21-27)15-16-30(38-31-10-8-18-36-31)29(22-32(40)41)23-37-33(34)35/h8,10-14,18-22,25,30,36,38H,2-7,9,15-17,23H2,1H3,(H,40,41)(H4,34,35,37)/b29-22+/t25-,30-/m1/s1. The molecule has 8 nitrogen and oxygen atoms in total. The van der Waals surface area contributed by atoms with Crippen molar-refractivity contribution in [2.75, 3.05) is 11.9 Å².